The molecule has 0 bridgehead atoms. The third-order valence-electron chi connectivity index (χ3n) is 2.72. The number of hydrogen-bond acceptors (Lipinski definition) is 1. The molecule has 1 amide bonds. The molecule has 3 heteroatoms. The van der Waals surface area contributed by atoms with Crippen molar-refractivity contribution < 1.29 is 9.18 Å². The van der Waals surface area contributed by atoms with Gasteiger partial charge in [0, 0.05) is 12.5 Å². The molecule has 2 nitrogen and oxygen atoms in total. The lowest BCUT2D eigenvalue weighted by atomic mass is 9.92. The number of carbonyl (C=O) groups is 1. The molecule has 17 heavy (non-hydrogen) atoms. The molecule has 0 heterocycles. The van der Waals surface area contributed by atoms with Crippen molar-refractivity contribution in [1.82, 2.24) is 0 Å². The van der Waals surface area contributed by atoms with Crippen LogP contribution in [-0.2, 0) is 4.79 Å². The fourth-order valence-electron chi connectivity index (χ4n) is 1.97. The van der Waals surface area contributed by atoms with E-state index in [1.807, 2.05) is 27.7 Å². The minimum Gasteiger partial charge on any atom is -0.326 e. The predicted octanol–water partition coefficient (Wildman–Crippen LogP) is 4.03. The fraction of sp³-hybridized carbons (Fsp3) is 0.500. The van der Waals surface area contributed by atoms with Gasteiger partial charge in [0.05, 0.1) is 5.69 Å². The van der Waals surface area contributed by atoms with Gasteiger partial charge in [0.25, 0.3) is 0 Å². The van der Waals surface area contributed by atoms with Crippen molar-refractivity contribution >= 4 is 11.6 Å². The van der Waals surface area contributed by atoms with Crippen molar-refractivity contribution in [2.75, 3.05) is 5.32 Å². The second-order valence-electron chi connectivity index (χ2n) is 4.92. The van der Waals surface area contributed by atoms with Gasteiger partial charge in [0.1, 0.15) is 5.82 Å². The van der Waals surface area contributed by atoms with Crippen LogP contribution in [0.4, 0.5) is 10.1 Å². The first kappa shape index (κ1) is 13.7. The minimum absolute atomic E-state index is 0.0375. The zero-order valence-corrected chi connectivity index (χ0v) is 11.1. The third kappa shape index (κ3) is 3.05. The summed E-state index contributed by atoms with van der Waals surface area (Å²) in [4.78, 5) is 11.2. The van der Waals surface area contributed by atoms with E-state index in [-0.39, 0.29) is 23.6 Å². The highest BCUT2D eigenvalue weighted by Gasteiger charge is 2.18. The summed E-state index contributed by atoms with van der Waals surface area (Å²) in [6.07, 6.45) is 0. The number of benzene rings is 1. The first-order chi connectivity index (χ1) is 7.84. The molecule has 0 aliphatic rings. The van der Waals surface area contributed by atoms with Crippen molar-refractivity contribution in [2.45, 2.75) is 46.5 Å². The molecule has 0 unspecified atom stereocenters. The molecule has 0 aliphatic carbocycles. The van der Waals surface area contributed by atoms with E-state index in [1.54, 1.807) is 6.07 Å². The lowest BCUT2D eigenvalue weighted by Crippen LogP contribution is -2.13. The minimum atomic E-state index is -0.256. The summed E-state index contributed by atoms with van der Waals surface area (Å²) in [7, 11) is 0. The summed E-state index contributed by atoms with van der Waals surface area (Å²) in [5, 5.41) is 2.77. The van der Waals surface area contributed by atoms with Gasteiger partial charge in [-0.25, -0.2) is 4.39 Å². The van der Waals surface area contributed by atoms with Gasteiger partial charge in [-0.15, -0.1) is 0 Å². The van der Waals surface area contributed by atoms with Crippen LogP contribution in [0.25, 0.3) is 0 Å². The van der Waals surface area contributed by atoms with E-state index in [0.717, 1.165) is 5.56 Å². The molecule has 0 aromatic heterocycles. The molecule has 0 atom stereocenters. The van der Waals surface area contributed by atoms with E-state index in [1.165, 1.54) is 13.0 Å². The number of hydrogen-bond donors (Lipinski definition) is 1. The van der Waals surface area contributed by atoms with Gasteiger partial charge >= 0.3 is 0 Å². The first-order valence-corrected chi connectivity index (χ1v) is 5.94. The summed E-state index contributed by atoms with van der Waals surface area (Å²) in [6, 6.07) is 3.23. The van der Waals surface area contributed by atoms with E-state index in [4.69, 9.17) is 0 Å². The van der Waals surface area contributed by atoms with Crippen LogP contribution in [0.3, 0.4) is 0 Å². The molecule has 1 aromatic carbocycles. The van der Waals surface area contributed by atoms with Gasteiger partial charge in [-0.05, 0) is 23.5 Å². The molecule has 0 saturated heterocycles. The Morgan fingerprint density at radius 1 is 1.18 bits per heavy atom. The molecule has 1 aromatic rings. The molecular weight excluding hydrogens is 217 g/mol. The quantitative estimate of drug-likeness (QED) is 0.844. The maximum Gasteiger partial charge on any atom is 0.221 e. The van der Waals surface area contributed by atoms with Crippen molar-refractivity contribution in [1.29, 1.82) is 0 Å². The van der Waals surface area contributed by atoms with Crippen molar-refractivity contribution in [3.05, 3.63) is 29.1 Å². The number of carbonyl (C=O) groups excluding carboxylic acids is 1. The lowest BCUT2D eigenvalue weighted by molar-refractivity contribution is -0.114. The van der Waals surface area contributed by atoms with Gasteiger partial charge in [-0.3, -0.25) is 4.79 Å². The van der Waals surface area contributed by atoms with Crippen LogP contribution in [0.1, 0.15) is 57.6 Å². The van der Waals surface area contributed by atoms with Crippen LogP contribution in [0.5, 0.6) is 0 Å². The van der Waals surface area contributed by atoms with E-state index in [9.17, 15) is 9.18 Å². The van der Waals surface area contributed by atoms with Crippen LogP contribution in [0.2, 0.25) is 0 Å². The molecule has 0 spiro atoms. The average molecular weight is 237 g/mol. The molecule has 0 aliphatic heterocycles. The highest BCUT2D eigenvalue weighted by molar-refractivity contribution is 5.90. The van der Waals surface area contributed by atoms with Crippen LogP contribution in [0.15, 0.2) is 12.1 Å². The van der Waals surface area contributed by atoms with Gasteiger partial charge in [-0.1, -0.05) is 33.8 Å². The standard InChI is InChI=1S/C14H20FNO/c1-8(2)11-6-7-12(15)13(9(3)4)14(11)16-10(5)17/h6-9H,1-5H3,(H,16,17). The van der Waals surface area contributed by atoms with Crippen LogP contribution in [-0.4, -0.2) is 5.91 Å². The van der Waals surface area contributed by atoms with Crippen molar-refractivity contribution in [2.24, 2.45) is 0 Å². The van der Waals surface area contributed by atoms with Crippen LogP contribution >= 0.6 is 0 Å². The van der Waals surface area contributed by atoms with Gasteiger partial charge in [-0.2, -0.15) is 0 Å². The number of rotatable bonds is 3. The second-order valence-corrected chi connectivity index (χ2v) is 4.92. The van der Waals surface area contributed by atoms with Crippen molar-refractivity contribution in [3.63, 3.8) is 0 Å². The van der Waals surface area contributed by atoms with Gasteiger partial charge in [0.15, 0.2) is 0 Å². The Kier molecular flexibility index (Phi) is 4.27. The Morgan fingerprint density at radius 2 is 1.76 bits per heavy atom. The molecule has 1 N–H and O–H groups in total. The molecule has 1 rings (SSSR count). The van der Waals surface area contributed by atoms with Gasteiger partial charge < -0.3 is 5.32 Å². The monoisotopic (exact) mass is 237 g/mol. The van der Waals surface area contributed by atoms with E-state index < -0.39 is 0 Å². The highest BCUT2D eigenvalue weighted by Crippen LogP contribution is 2.34. The van der Waals surface area contributed by atoms with E-state index in [2.05, 4.69) is 5.32 Å². The van der Waals surface area contributed by atoms with Crippen LogP contribution in [0, 0.1) is 5.82 Å². The third-order valence-corrected chi connectivity index (χ3v) is 2.72. The summed E-state index contributed by atoms with van der Waals surface area (Å²) in [5.41, 5.74) is 2.21. The predicted molar refractivity (Wildman–Crippen MR) is 68.9 cm³/mol. The zero-order chi connectivity index (χ0) is 13.2. The number of anilines is 1. The number of nitrogens with one attached hydrogen (secondary N) is 1. The molecule has 0 fully saturated rings. The summed E-state index contributed by atoms with van der Waals surface area (Å²) in [5.74, 6) is -0.141. The number of amides is 1. The Bertz CT molecular complexity index is 424. The largest absolute Gasteiger partial charge is 0.326 e. The Hall–Kier alpha value is -1.38. The van der Waals surface area contributed by atoms with E-state index >= 15 is 0 Å². The van der Waals surface area contributed by atoms with Crippen LogP contribution < -0.4 is 5.32 Å². The molecule has 0 radical (unpaired) electrons. The Labute approximate surface area is 102 Å². The SMILES string of the molecule is CC(=O)Nc1c(C(C)C)ccc(F)c1C(C)C. The maximum atomic E-state index is 13.8. The first-order valence-electron chi connectivity index (χ1n) is 5.94. The Balaban J connectivity index is 3.43. The van der Waals surface area contributed by atoms with Gasteiger partial charge in [0.2, 0.25) is 5.91 Å². The molecule has 0 saturated carbocycles. The average Bonchev–Trinajstić information content (AvgIpc) is 2.15. The topological polar surface area (TPSA) is 29.1 Å². The highest BCUT2D eigenvalue weighted by atomic mass is 19.1. The molecular formula is C14H20FNO. The lowest BCUT2D eigenvalue weighted by Gasteiger charge is -2.20. The Morgan fingerprint density at radius 3 is 2.18 bits per heavy atom. The number of halogens is 1. The van der Waals surface area contributed by atoms with E-state index in [0.29, 0.717) is 11.3 Å². The molecule has 94 valence electrons. The summed E-state index contributed by atoms with van der Waals surface area (Å²) >= 11 is 0. The summed E-state index contributed by atoms with van der Waals surface area (Å²) in [6.45, 7) is 9.35. The summed E-state index contributed by atoms with van der Waals surface area (Å²) < 4.78 is 13.8. The maximum absolute atomic E-state index is 13.8. The smallest absolute Gasteiger partial charge is 0.221 e. The second kappa shape index (κ2) is 5.30. The van der Waals surface area contributed by atoms with Crippen molar-refractivity contribution in [3.8, 4) is 0 Å². The zero-order valence-electron chi connectivity index (χ0n) is 11.1. The normalized spacial score (nSPS) is 11.1. The fourth-order valence-corrected chi connectivity index (χ4v) is 1.97.